The van der Waals surface area contributed by atoms with Gasteiger partial charge in [-0.25, -0.2) is 0 Å². The zero-order valence-corrected chi connectivity index (χ0v) is 29.6. The molecule has 6 rings (SSSR count). The predicted molar refractivity (Wildman–Crippen MR) is 162 cm³/mol. The van der Waals surface area contributed by atoms with E-state index < -0.39 is 63.7 Å². The van der Waals surface area contributed by atoms with E-state index in [0.717, 1.165) is 22.3 Å². The van der Waals surface area contributed by atoms with E-state index in [1.165, 1.54) is 10.8 Å². The van der Waals surface area contributed by atoms with Gasteiger partial charge in [-0.15, -0.1) is 0 Å². The number of fused-ring (bicyclic) bond motifs is 2. The van der Waals surface area contributed by atoms with Crippen molar-refractivity contribution in [3.05, 3.63) is 85.7 Å². The molecule has 0 bridgehead atoms. The number of benzene rings is 2. The third-order valence-electron chi connectivity index (χ3n) is 7.68. The van der Waals surface area contributed by atoms with Crippen LogP contribution in [-0.2, 0) is 45.2 Å². The van der Waals surface area contributed by atoms with Crippen LogP contribution in [0.25, 0.3) is 0 Å². The first-order chi connectivity index (χ1) is 20.7. The summed E-state index contributed by atoms with van der Waals surface area (Å²) in [6.07, 6.45) is -1.39. The molecule has 13 nitrogen and oxygen atoms in total. The number of aryl methyl sites for hydroxylation is 2. The fourth-order valence-electron chi connectivity index (χ4n) is 5.30. The number of rotatable bonds is 7. The van der Waals surface area contributed by atoms with Crippen molar-refractivity contribution in [2.24, 2.45) is 0 Å². The van der Waals surface area contributed by atoms with Crippen LogP contribution in [0.1, 0.15) is 34.9 Å². The van der Waals surface area contributed by atoms with Crippen LogP contribution in [0.15, 0.2) is 52.2 Å². The first kappa shape index (κ1) is 31.7. The minimum absolute atomic E-state index is 0.00340. The van der Waals surface area contributed by atoms with Crippen molar-refractivity contribution >= 4 is 37.6 Å². The molecule has 0 aliphatic carbocycles. The van der Waals surface area contributed by atoms with E-state index in [2.05, 4.69) is 19.8 Å². The van der Waals surface area contributed by atoms with E-state index in [9.17, 15) is 18.7 Å². The molecule has 3 aromatic rings. The Morgan fingerprint density at radius 1 is 0.932 bits per heavy atom. The average molecular weight is 755 g/mol. The van der Waals surface area contributed by atoms with Crippen LogP contribution in [0.4, 0.5) is 0 Å². The number of phosphoric ester groups is 2. The van der Waals surface area contributed by atoms with Crippen molar-refractivity contribution < 1.29 is 41.0 Å². The molecule has 16 heteroatoms. The summed E-state index contributed by atoms with van der Waals surface area (Å²) in [5.41, 5.74) is 1.91. The summed E-state index contributed by atoms with van der Waals surface area (Å²) >= 11 is -2.96. The van der Waals surface area contributed by atoms with Gasteiger partial charge in [0.25, 0.3) is 0 Å². The molecule has 0 saturated carbocycles. The summed E-state index contributed by atoms with van der Waals surface area (Å²) in [7, 11) is -8.23. The number of phosphoric acid groups is 2. The second-order valence-electron chi connectivity index (χ2n) is 12.0. The second kappa shape index (κ2) is 11.9. The first-order valence-electron chi connectivity index (χ1n) is 14.1. The van der Waals surface area contributed by atoms with Gasteiger partial charge in [0.1, 0.15) is 0 Å². The van der Waals surface area contributed by atoms with Crippen LogP contribution in [0.2, 0.25) is 14.8 Å². The molecule has 2 unspecified atom stereocenters. The minimum atomic E-state index is -4.16. The Kier molecular flexibility index (Phi) is 8.55. The third-order valence-corrected chi connectivity index (χ3v) is 16.0. The second-order valence-corrected chi connectivity index (χ2v) is 29.5. The Balaban J connectivity index is 1.27. The summed E-state index contributed by atoms with van der Waals surface area (Å²) < 4.78 is 69.5. The van der Waals surface area contributed by atoms with Gasteiger partial charge in [-0.05, 0) is 6.92 Å². The van der Waals surface area contributed by atoms with Crippen molar-refractivity contribution in [1.29, 1.82) is 0 Å². The van der Waals surface area contributed by atoms with Crippen LogP contribution in [-0.4, -0.2) is 46.7 Å². The number of nitrogens with zero attached hydrogens (tertiary/aromatic N) is 1. The SMILES string of the molecule is Cc1cccc2c1OP(=O)(OC[C@H]1O[C@@H](n3c[c]([Sn]([CH3])([CH3])[CH3])c(=O)[nH]c3=O)C[C@@H]1OP1(=O)OCc3cccc(C)c3O1)OC2. The van der Waals surface area contributed by atoms with E-state index >= 15 is 0 Å². The zero-order chi connectivity index (χ0) is 31.4. The Morgan fingerprint density at radius 2 is 1.52 bits per heavy atom. The van der Waals surface area contributed by atoms with Gasteiger partial charge >= 0.3 is 228 Å². The fraction of sp³-hybridized carbons (Fsp3) is 0.429. The summed E-state index contributed by atoms with van der Waals surface area (Å²) in [6, 6.07) is 10.9. The van der Waals surface area contributed by atoms with Gasteiger partial charge in [0.15, 0.2) is 0 Å². The number of para-hydroxylation sites is 2. The molecule has 0 spiro atoms. The maximum atomic E-state index is 13.8. The molecule has 3 aliphatic heterocycles. The quantitative estimate of drug-likeness (QED) is 0.261. The van der Waals surface area contributed by atoms with E-state index in [4.69, 9.17) is 31.9 Å². The molecule has 3 aliphatic rings. The van der Waals surface area contributed by atoms with Crippen molar-refractivity contribution in [3.63, 3.8) is 0 Å². The standard InChI is InChI=1S/C25H25N2O11P2.3CH3.Sn/c1-15-5-3-7-17-12-32-39(30,37-23(15)17)34-14-20-19(11-22(35-20)27-10-9-21(28)26-25(27)29)36-40(31)33-13-18-8-4-6-16(2)24(18)38-40;;;;/h3-8,10,19-20,22H,11-14H2,1-2H3,(H,26,28,29);3*1H3;/t19-,20+,22+,39?,40?;;;;/m0..../s1. The number of nitrogens with one attached hydrogen (secondary N) is 1. The molecule has 0 radical (unpaired) electrons. The monoisotopic (exact) mass is 756 g/mol. The molecular weight excluding hydrogens is 721 g/mol. The number of ether oxygens (including phenoxy) is 1. The zero-order valence-electron chi connectivity index (χ0n) is 24.9. The topological polar surface area (TPSA) is 154 Å². The molecule has 0 amide bonds. The van der Waals surface area contributed by atoms with Crippen molar-refractivity contribution in [2.75, 3.05) is 6.61 Å². The van der Waals surface area contributed by atoms with Gasteiger partial charge in [0.2, 0.25) is 0 Å². The van der Waals surface area contributed by atoms with Crippen LogP contribution in [0.5, 0.6) is 11.5 Å². The van der Waals surface area contributed by atoms with E-state index in [0.29, 0.717) is 15.1 Å². The number of hydrogen-bond acceptors (Lipinski definition) is 11. The Labute approximate surface area is 257 Å². The molecule has 1 saturated heterocycles. The molecule has 1 aromatic heterocycles. The Bertz CT molecular complexity index is 1820. The van der Waals surface area contributed by atoms with Gasteiger partial charge in [-0.2, -0.15) is 0 Å². The first-order valence-corrected chi connectivity index (χ1v) is 27.0. The number of H-pyrrole nitrogens is 1. The van der Waals surface area contributed by atoms with Gasteiger partial charge < -0.3 is 0 Å². The normalized spacial score (nSPS) is 28.1. The molecule has 4 heterocycles. The summed E-state index contributed by atoms with van der Waals surface area (Å²) in [6.45, 7) is 3.30. The van der Waals surface area contributed by atoms with Gasteiger partial charge in [0, 0.05) is 0 Å². The summed E-state index contributed by atoms with van der Waals surface area (Å²) in [4.78, 5) is 34.1. The molecule has 2 aromatic carbocycles. The van der Waals surface area contributed by atoms with Gasteiger partial charge in [-0.1, -0.05) is 24.3 Å². The van der Waals surface area contributed by atoms with E-state index in [1.807, 2.05) is 38.1 Å². The van der Waals surface area contributed by atoms with Crippen LogP contribution < -0.4 is 23.9 Å². The van der Waals surface area contributed by atoms with Gasteiger partial charge in [0.05, 0.1) is 0 Å². The number of hydrogen-bond donors (Lipinski definition) is 1. The molecule has 44 heavy (non-hydrogen) atoms. The van der Waals surface area contributed by atoms with Gasteiger partial charge in [-0.3, -0.25) is 0 Å². The number of aromatic nitrogens is 2. The van der Waals surface area contributed by atoms with Crippen molar-refractivity contribution in [2.45, 2.75) is 66.7 Å². The Morgan fingerprint density at radius 3 is 2.14 bits per heavy atom. The predicted octanol–water partition coefficient (Wildman–Crippen LogP) is 4.82. The summed E-state index contributed by atoms with van der Waals surface area (Å²) in [5, 5.41) is 0. The third kappa shape index (κ3) is 6.39. The molecular formula is C28H34N2O11P2Sn. The maximum absolute atomic E-state index is 13.8. The van der Waals surface area contributed by atoms with Crippen molar-refractivity contribution in [3.8, 4) is 11.5 Å². The molecule has 236 valence electrons. The van der Waals surface area contributed by atoms with E-state index in [1.54, 1.807) is 12.1 Å². The number of aromatic amines is 1. The Hall–Kier alpha value is -2.22. The van der Waals surface area contributed by atoms with E-state index in [-0.39, 0.29) is 26.2 Å². The van der Waals surface area contributed by atoms with Crippen LogP contribution in [0, 0.1) is 13.8 Å². The van der Waals surface area contributed by atoms with Crippen LogP contribution in [0.3, 0.4) is 0 Å². The molecule has 5 atom stereocenters. The van der Waals surface area contributed by atoms with Crippen molar-refractivity contribution in [1.82, 2.24) is 9.55 Å². The fourth-order valence-corrected chi connectivity index (χ4v) is 11.7. The molecule has 1 fully saturated rings. The average Bonchev–Trinajstić information content (AvgIpc) is 3.34. The summed E-state index contributed by atoms with van der Waals surface area (Å²) in [5.74, 6) is 0.829. The molecule has 1 N–H and O–H groups in total. The van der Waals surface area contributed by atoms with Crippen LogP contribution >= 0.6 is 15.6 Å².